The van der Waals surface area contributed by atoms with E-state index in [1.54, 1.807) is 10.8 Å². The Hall–Kier alpha value is -1.25. The van der Waals surface area contributed by atoms with E-state index in [0.29, 0.717) is 5.54 Å². The second kappa shape index (κ2) is 11.2. The van der Waals surface area contributed by atoms with Crippen molar-refractivity contribution in [1.29, 1.82) is 0 Å². The van der Waals surface area contributed by atoms with Gasteiger partial charge in [-0.2, -0.15) is 6.07 Å². The van der Waals surface area contributed by atoms with Gasteiger partial charge in [0.2, 0.25) is 0 Å². The number of furan rings is 1. The number of hydrogen-bond acceptors (Lipinski definition) is 1. The Morgan fingerprint density at radius 2 is 1.65 bits per heavy atom. The van der Waals surface area contributed by atoms with Crippen molar-refractivity contribution >= 4 is 24.0 Å². The van der Waals surface area contributed by atoms with E-state index in [-0.39, 0.29) is 51.0 Å². The maximum Gasteiger partial charge on any atom is 3.00 e. The van der Waals surface area contributed by atoms with Crippen molar-refractivity contribution < 1.29 is 55.4 Å². The first-order valence-electron chi connectivity index (χ1n) is 11.5. The molecule has 0 amide bonds. The maximum atomic E-state index is 5.53. The van der Waals surface area contributed by atoms with E-state index >= 15 is 0 Å². The summed E-state index contributed by atoms with van der Waals surface area (Å²) in [6, 6.07) is 22.3. The predicted octanol–water partition coefficient (Wildman–Crippen LogP) is 2.44. The van der Waals surface area contributed by atoms with Crippen LogP contribution in [0.5, 0.6) is 0 Å². The topological polar surface area (TPSA) is 13.1 Å². The number of aryl methyl sites for hydroxylation is 2. The second-order valence-electron chi connectivity index (χ2n) is 9.70. The van der Waals surface area contributed by atoms with Gasteiger partial charge in [0.1, 0.15) is 5.76 Å². The van der Waals surface area contributed by atoms with Crippen LogP contribution in [0.1, 0.15) is 48.3 Å². The minimum atomic E-state index is -1.08. The third-order valence-corrected chi connectivity index (χ3v) is 11.2. The number of allylic oxidation sites excluding steroid dienone is 1. The van der Waals surface area contributed by atoms with Gasteiger partial charge in [0.05, 0.1) is 14.3 Å². The van der Waals surface area contributed by atoms with Crippen LogP contribution in [0.4, 0.5) is 0 Å². The number of benzene rings is 2. The molecule has 1 aliphatic carbocycles. The van der Waals surface area contributed by atoms with Crippen molar-refractivity contribution in [2.75, 3.05) is 0 Å². The molecule has 1 atom stereocenters. The van der Waals surface area contributed by atoms with Crippen LogP contribution in [0.25, 0.3) is 27.1 Å². The Morgan fingerprint density at radius 3 is 2.26 bits per heavy atom. The Balaban J connectivity index is 0.000000238. The molecule has 2 bridgehead atoms. The average molecular weight is 586 g/mol. The Kier molecular flexibility index (Phi) is 9.56. The molecule has 2 aliphatic heterocycles. The summed E-state index contributed by atoms with van der Waals surface area (Å²) in [6.07, 6.45) is 4.20. The van der Waals surface area contributed by atoms with Crippen LogP contribution in [0.15, 0.2) is 76.9 Å². The van der Waals surface area contributed by atoms with Gasteiger partial charge in [-0.05, 0) is 35.7 Å². The van der Waals surface area contributed by atoms with Crippen LogP contribution in [-0.4, -0.2) is 8.07 Å². The molecule has 1 aromatic heterocycles. The Labute approximate surface area is 236 Å². The summed E-state index contributed by atoms with van der Waals surface area (Å²) in [5.41, 5.74) is 9.14. The molecule has 0 spiro atoms. The van der Waals surface area contributed by atoms with Gasteiger partial charge in [-0.25, -0.2) is 0 Å². The second-order valence-corrected chi connectivity index (χ2v) is 14.2. The number of fused-ring (bicyclic) bond motifs is 1. The van der Waals surface area contributed by atoms with Gasteiger partial charge in [-0.3, -0.25) is 0 Å². The molecular weight excluding hydrogens is 555 g/mol. The fraction of sp³-hybridized carbons (Fsp3) is 0.276. The molecule has 5 heteroatoms. The SMILES string of the molecule is CC1=C2c3ccoc3C1[Si]2(C)C.CCCc1ccc(-c2cccc3[cH-]c(C)cc23)cc1.[Cl-].[Cl-].[Zr+3]. The summed E-state index contributed by atoms with van der Waals surface area (Å²) in [6.45, 7) is 11.5. The van der Waals surface area contributed by atoms with E-state index in [0.717, 1.165) is 0 Å². The number of hydrogen-bond donors (Lipinski definition) is 0. The average Bonchev–Trinajstić information content (AvgIpc) is 3.45. The maximum absolute atomic E-state index is 5.53. The summed E-state index contributed by atoms with van der Waals surface area (Å²) in [7, 11) is -1.08. The van der Waals surface area contributed by atoms with E-state index in [4.69, 9.17) is 4.42 Å². The molecule has 4 aromatic rings. The molecule has 1 nitrogen and oxygen atoms in total. The van der Waals surface area contributed by atoms with Crippen LogP contribution in [0.2, 0.25) is 13.1 Å². The van der Waals surface area contributed by atoms with Crippen molar-refractivity contribution in [2.24, 2.45) is 0 Å². The quantitative estimate of drug-likeness (QED) is 0.266. The first kappa shape index (κ1) is 29.0. The zero-order valence-electron chi connectivity index (χ0n) is 20.5. The zero-order valence-corrected chi connectivity index (χ0v) is 25.5. The van der Waals surface area contributed by atoms with E-state index in [2.05, 4.69) is 94.5 Å². The van der Waals surface area contributed by atoms with Gasteiger partial charge in [0.15, 0.2) is 0 Å². The molecule has 0 saturated carbocycles. The first-order chi connectivity index (χ1) is 14.9. The molecule has 0 fully saturated rings. The van der Waals surface area contributed by atoms with Crippen molar-refractivity contribution in [3.63, 3.8) is 0 Å². The molecule has 175 valence electrons. The summed E-state index contributed by atoms with van der Waals surface area (Å²) >= 11 is 0. The van der Waals surface area contributed by atoms with E-state index in [1.165, 1.54) is 57.2 Å². The Bertz CT molecular complexity index is 1300. The van der Waals surface area contributed by atoms with Gasteiger partial charge in [-0.15, -0.1) is 34.5 Å². The molecule has 0 N–H and O–H groups in total. The van der Waals surface area contributed by atoms with Crippen molar-refractivity contribution in [1.82, 2.24) is 0 Å². The monoisotopic (exact) mass is 583 g/mol. The molecule has 7 rings (SSSR count). The summed E-state index contributed by atoms with van der Waals surface area (Å²) in [4.78, 5) is 0. The number of halogens is 2. The minimum absolute atomic E-state index is 0. The summed E-state index contributed by atoms with van der Waals surface area (Å²) < 4.78 is 5.53. The van der Waals surface area contributed by atoms with E-state index < -0.39 is 8.07 Å². The van der Waals surface area contributed by atoms with Crippen LogP contribution in [0, 0.1) is 6.92 Å². The van der Waals surface area contributed by atoms with Gasteiger partial charge >= 0.3 is 26.2 Å². The van der Waals surface area contributed by atoms with Crippen LogP contribution < -0.4 is 24.8 Å². The molecule has 1 radical (unpaired) electrons. The van der Waals surface area contributed by atoms with Gasteiger partial charge in [0, 0.05) is 11.1 Å². The van der Waals surface area contributed by atoms with Crippen LogP contribution in [-0.2, 0) is 32.6 Å². The normalized spacial score (nSPS) is 16.3. The molecule has 34 heavy (non-hydrogen) atoms. The molecule has 3 aromatic carbocycles. The minimum Gasteiger partial charge on any atom is -1.00 e. The predicted molar refractivity (Wildman–Crippen MR) is 135 cm³/mol. The smallest absolute Gasteiger partial charge is 1.00 e. The molecule has 3 heterocycles. The fourth-order valence-corrected chi connectivity index (χ4v) is 10.1. The largest absolute Gasteiger partial charge is 3.00 e. The van der Waals surface area contributed by atoms with Crippen LogP contribution >= 0.6 is 0 Å². The third kappa shape index (κ3) is 4.74. The standard InChI is InChI=1S/C19H19.C10H12OSi.2ClH.Zr/c1-3-5-15-8-10-16(11-9-15)18-7-4-6-17-12-14(2)13-19(17)18;1-6-9-7-4-5-11-8(7)10(6)12(9,2)3;;;/h4,6-13H,3,5H2,1-2H3;4-5,10H,1-3H3;2*1H;/q-1;;;;+3/p-2. The first-order valence-corrected chi connectivity index (χ1v) is 14.5. The van der Waals surface area contributed by atoms with Crippen LogP contribution in [0.3, 0.4) is 0 Å². The Morgan fingerprint density at radius 1 is 0.941 bits per heavy atom. The zero-order chi connectivity index (χ0) is 21.8. The molecule has 0 saturated heterocycles. The van der Waals surface area contributed by atoms with Crippen molar-refractivity contribution in [3.8, 4) is 11.1 Å². The van der Waals surface area contributed by atoms with Gasteiger partial charge in [0.25, 0.3) is 0 Å². The van der Waals surface area contributed by atoms with Crippen molar-refractivity contribution in [2.45, 2.75) is 52.2 Å². The fourth-order valence-electron chi connectivity index (χ4n) is 5.87. The van der Waals surface area contributed by atoms with Crippen molar-refractivity contribution in [3.05, 3.63) is 95.0 Å². The van der Waals surface area contributed by atoms with E-state index in [9.17, 15) is 0 Å². The molecular formula is C29H31Cl2OSiZr. The molecule has 3 aliphatic rings. The number of rotatable bonds is 3. The van der Waals surface area contributed by atoms with E-state index in [1.807, 2.05) is 6.26 Å². The molecule has 1 unspecified atom stereocenters. The summed E-state index contributed by atoms with van der Waals surface area (Å²) in [5, 5.41) is 4.37. The third-order valence-electron chi connectivity index (χ3n) is 7.12. The van der Waals surface area contributed by atoms with Gasteiger partial charge in [-0.1, -0.05) is 74.8 Å². The van der Waals surface area contributed by atoms with Gasteiger partial charge < -0.3 is 29.2 Å². The summed E-state index contributed by atoms with van der Waals surface area (Å²) in [5.74, 6) is 1.26.